The SMILES string of the molecule is COc1ccc(O[C@@H](C)[C@H](OC(=O)[C@H](C)NC(=O)OC(C)(C)C)C(C)C)cc1. The first-order valence-electron chi connectivity index (χ1n) is 9.43. The van der Waals surface area contributed by atoms with Crippen molar-refractivity contribution in [2.24, 2.45) is 5.92 Å². The van der Waals surface area contributed by atoms with Crippen LogP contribution in [0.15, 0.2) is 24.3 Å². The zero-order valence-electron chi connectivity index (χ0n) is 18.1. The van der Waals surface area contributed by atoms with Gasteiger partial charge in [0.05, 0.1) is 7.11 Å². The van der Waals surface area contributed by atoms with Crippen LogP contribution in [-0.4, -0.2) is 43.0 Å². The molecular weight excluding hydrogens is 362 g/mol. The van der Waals surface area contributed by atoms with Gasteiger partial charge in [-0.25, -0.2) is 9.59 Å². The van der Waals surface area contributed by atoms with Gasteiger partial charge in [0.15, 0.2) is 0 Å². The maximum atomic E-state index is 12.4. The Morgan fingerprint density at radius 3 is 1.96 bits per heavy atom. The van der Waals surface area contributed by atoms with Gasteiger partial charge in [-0.3, -0.25) is 0 Å². The summed E-state index contributed by atoms with van der Waals surface area (Å²) < 4.78 is 21.8. The fourth-order valence-corrected chi connectivity index (χ4v) is 2.49. The smallest absolute Gasteiger partial charge is 0.408 e. The first kappa shape index (κ1) is 23.6. The number of methoxy groups -OCH3 is 1. The predicted molar refractivity (Wildman–Crippen MR) is 107 cm³/mol. The maximum absolute atomic E-state index is 12.4. The van der Waals surface area contributed by atoms with E-state index in [1.54, 1.807) is 59.1 Å². The summed E-state index contributed by atoms with van der Waals surface area (Å²) in [6, 6.07) is 6.34. The Labute approximate surface area is 167 Å². The highest BCUT2D eigenvalue weighted by Crippen LogP contribution is 2.22. The Morgan fingerprint density at radius 2 is 1.50 bits per heavy atom. The van der Waals surface area contributed by atoms with Crippen molar-refractivity contribution in [3.63, 3.8) is 0 Å². The second-order valence-electron chi connectivity index (χ2n) is 8.01. The third-order valence-electron chi connectivity index (χ3n) is 3.84. The quantitative estimate of drug-likeness (QED) is 0.671. The second kappa shape index (κ2) is 10.2. The van der Waals surface area contributed by atoms with Gasteiger partial charge < -0.3 is 24.3 Å². The summed E-state index contributed by atoms with van der Waals surface area (Å²) >= 11 is 0. The molecule has 0 aliphatic heterocycles. The molecule has 1 aromatic carbocycles. The molecule has 0 saturated heterocycles. The van der Waals surface area contributed by atoms with E-state index in [1.165, 1.54) is 0 Å². The first-order valence-corrected chi connectivity index (χ1v) is 9.43. The number of ether oxygens (including phenoxy) is 4. The summed E-state index contributed by atoms with van der Waals surface area (Å²) in [5, 5.41) is 2.49. The summed E-state index contributed by atoms with van der Waals surface area (Å²) in [6.45, 7) is 12.5. The van der Waals surface area contributed by atoms with Gasteiger partial charge in [0, 0.05) is 0 Å². The van der Waals surface area contributed by atoms with Crippen molar-refractivity contribution < 1.29 is 28.5 Å². The molecule has 0 unspecified atom stereocenters. The first-order chi connectivity index (χ1) is 12.9. The molecule has 0 aliphatic rings. The van der Waals surface area contributed by atoms with E-state index in [4.69, 9.17) is 18.9 Å². The summed E-state index contributed by atoms with van der Waals surface area (Å²) in [5.74, 6) is 0.851. The van der Waals surface area contributed by atoms with E-state index >= 15 is 0 Å². The van der Waals surface area contributed by atoms with Crippen LogP contribution < -0.4 is 14.8 Å². The largest absolute Gasteiger partial charge is 0.497 e. The molecule has 7 heteroatoms. The van der Waals surface area contributed by atoms with E-state index in [-0.39, 0.29) is 12.0 Å². The van der Waals surface area contributed by atoms with Crippen LogP contribution in [0.3, 0.4) is 0 Å². The molecule has 0 heterocycles. The van der Waals surface area contributed by atoms with Crippen LogP contribution >= 0.6 is 0 Å². The monoisotopic (exact) mass is 395 g/mol. The van der Waals surface area contributed by atoms with Gasteiger partial charge in [-0.15, -0.1) is 0 Å². The Hall–Kier alpha value is -2.44. The molecule has 158 valence electrons. The Balaban J connectivity index is 2.68. The van der Waals surface area contributed by atoms with Crippen molar-refractivity contribution in [1.29, 1.82) is 0 Å². The number of carbonyl (C=O) groups excluding carboxylic acids is 2. The summed E-state index contributed by atoms with van der Waals surface area (Å²) in [5.41, 5.74) is -0.644. The molecule has 0 radical (unpaired) electrons. The molecule has 0 spiro atoms. The topological polar surface area (TPSA) is 83.1 Å². The number of rotatable bonds is 8. The Bertz CT molecular complexity index is 635. The van der Waals surface area contributed by atoms with Gasteiger partial charge in [0.25, 0.3) is 0 Å². The van der Waals surface area contributed by atoms with Crippen molar-refractivity contribution in [2.75, 3.05) is 7.11 Å². The normalized spacial score (nSPS) is 14.6. The molecule has 0 aliphatic carbocycles. The van der Waals surface area contributed by atoms with Gasteiger partial charge in [0.2, 0.25) is 0 Å². The minimum Gasteiger partial charge on any atom is -0.497 e. The Kier molecular flexibility index (Phi) is 8.60. The molecular formula is C21H33NO6. The number of benzene rings is 1. The number of carbonyl (C=O) groups is 2. The summed E-state index contributed by atoms with van der Waals surface area (Å²) in [4.78, 5) is 24.3. The highest BCUT2D eigenvalue weighted by molar-refractivity contribution is 5.81. The zero-order valence-corrected chi connectivity index (χ0v) is 18.1. The lowest BCUT2D eigenvalue weighted by molar-refractivity contribution is -0.158. The standard InChI is InChI=1S/C21H33NO6/c1-13(2)18(15(4)26-17-11-9-16(25-8)10-12-17)27-19(23)14(3)22-20(24)28-21(5,6)7/h9-15,18H,1-8H3,(H,22,24)/t14-,15-,18+/m0/s1. The number of hydrogen-bond acceptors (Lipinski definition) is 6. The molecule has 1 rings (SSSR count). The van der Waals surface area contributed by atoms with Gasteiger partial charge in [0.1, 0.15) is 35.3 Å². The van der Waals surface area contributed by atoms with E-state index in [2.05, 4.69) is 5.32 Å². The molecule has 7 nitrogen and oxygen atoms in total. The summed E-state index contributed by atoms with van der Waals surface area (Å²) in [7, 11) is 1.60. The van der Waals surface area contributed by atoms with Crippen LogP contribution in [0.25, 0.3) is 0 Å². The van der Waals surface area contributed by atoms with Crippen molar-refractivity contribution in [3.8, 4) is 11.5 Å². The predicted octanol–water partition coefficient (Wildman–Crippen LogP) is 3.94. The highest BCUT2D eigenvalue weighted by Gasteiger charge is 2.30. The van der Waals surface area contributed by atoms with Gasteiger partial charge in [-0.05, 0) is 64.8 Å². The van der Waals surface area contributed by atoms with Crippen molar-refractivity contribution in [2.45, 2.75) is 72.3 Å². The van der Waals surface area contributed by atoms with Crippen LogP contribution in [0.4, 0.5) is 4.79 Å². The molecule has 1 amide bonds. The number of amides is 1. The molecule has 28 heavy (non-hydrogen) atoms. The lowest BCUT2D eigenvalue weighted by Gasteiger charge is -2.29. The van der Waals surface area contributed by atoms with E-state index < -0.39 is 29.8 Å². The molecule has 1 aromatic rings. The molecule has 0 aromatic heterocycles. The van der Waals surface area contributed by atoms with E-state index in [9.17, 15) is 9.59 Å². The van der Waals surface area contributed by atoms with Gasteiger partial charge in [-0.2, -0.15) is 0 Å². The lowest BCUT2D eigenvalue weighted by Crippen LogP contribution is -2.46. The average Bonchev–Trinajstić information content (AvgIpc) is 2.57. The van der Waals surface area contributed by atoms with Crippen molar-refractivity contribution >= 4 is 12.1 Å². The number of alkyl carbamates (subject to hydrolysis) is 1. The van der Waals surface area contributed by atoms with E-state index in [0.29, 0.717) is 5.75 Å². The lowest BCUT2D eigenvalue weighted by atomic mass is 10.0. The van der Waals surface area contributed by atoms with Crippen LogP contribution in [0, 0.1) is 5.92 Å². The minimum absolute atomic E-state index is 0.0194. The zero-order chi connectivity index (χ0) is 21.5. The molecule has 3 atom stereocenters. The maximum Gasteiger partial charge on any atom is 0.408 e. The van der Waals surface area contributed by atoms with Crippen molar-refractivity contribution in [3.05, 3.63) is 24.3 Å². The average molecular weight is 395 g/mol. The van der Waals surface area contributed by atoms with Crippen LogP contribution in [0.5, 0.6) is 11.5 Å². The number of esters is 1. The molecule has 0 fully saturated rings. The van der Waals surface area contributed by atoms with Crippen LogP contribution in [0.2, 0.25) is 0 Å². The van der Waals surface area contributed by atoms with Gasteiger partial charge in [-0.1, -0.05) is 13.8 Å². The fourth-order valence-electron chi connectivity index (χ4n) is 2.49. The second-order valence-corrected chi connectivity index (χ2v) is 8.01. The third-order valence-corrected chi connectivity index (χ3v) is 3.84. The number of nitrogens with one attached hydrogen (secondary N) is 1. The summed E-state index contributed by atoms with van der Waals surface area (Å²) in [6.07, 6.45) is -1.54. The minimum atomic E-state index is -0.843. The molecule has 1 N–H and O–H groups in total. The fraction of sp³-hybridized carbons (Fsp3) is 0.619. The Morgan fingerprint density at radius 1 is 0.964 bits per heavy atom. The molecule has 0 saturated carbocycles. The molecule has 0 bridgehead atoms. The van der Waals surface area contributed by atoms with Crippen LogP contribution in [-0.2, 0) is 14.3 Å². The third kappa shape index (κ3) is 8.06. The van der Waals surface area contributed by atoms with E-state index in [1.807, 2.05) is 20.8 Å². The highest BCUT2D eigenvalue weighted by atomic mass is 16.6. The van der Waals surface area contributed by atoms with Crippen molar-refractivity contribution in [1.82, 2.24) is 5.32 Å². The van der Waals surface area contributed by atoms with Gasteiger partial charge >= 0.3 is 12.1 Å². The van der Waals surface area contributed by atoms with Crippen LogP contribution in [0.1, 0.15) is 48.5 Å². The number of hydrogen-bond donors (Lipinski definition) is 1. The van der Waals surface area contributed by atoms with E-state index in [0.717, 1.165) is 5.75 Å².